The van der Waals surface area contributed by atoms with Crippen LogP contribution in [-0.2, 0) is 31.5 Å². The van der Waals surface area contributed by atoms with Gasteiger partial charge in [-0.05, 0) is 49.3 Å². The second kappa shape index (κ2) is 11.3. The zero-order valence-corrected chi connectivity index (χ0v) is 25.3. The fraction of sp³-hybridized carbons (Fsp3) is 0.406. The molecule has 2 saturated carbocycles. The number of aromatic hydroxyl groups is 1. The van der Waals surface area contributed by atoms with Gasteiger partial charge >= 0.3 is 12.4 Å². The summed E-state index contributed by atoms with van der Waals surface area (Å²) in [4.78, 5) is 68.1. The average molecular weight is 683 g/mol. The molecule has 3 aliphatic carbocycles. The first-order valence-electron chi connectivity index (χ1n) is 14.4. The van der Waals surface area contributed by atoms with Crippen LogP contribution in [0.1, 0.15) is 51.0 Å². The SMILES string of the molecule is CC1c2ccc(/C=C/c3cc(C(F)(F)F)cc(C(F)(F)F)c3)c(O)c2C(=O)C2C(=O)C3(O)C(=O)C(C(N)=O)C(=O)C(N(C)C)C3C(O)C21. The number of hydrogen-bond donors (Lipinski definition) is 4. The van der Waals surface area contributed by atoms with Gasteiger partial charge in [-0.3, -0.25) is 28.9 Å². The van der Waals surface area contributed by atoms with Crippen molar-refractivity contribution in [1.82, 2.24) is 4.90 Å². The number of likely N-dealkylation sites (N-methyl/N-ethyl adjacent to an activating group) is 1. The number of hydrogen-bond acceptors (Lipinski definition) is 9. The molecule has 8 unspecified atom stereocenters. The number of halogens is 6. The van der Waals surface area contributed by atoms with Crippen LogP contribution in [-0.4, -0.2) is 81.1 Å². The smallest absolute Gasteiger partial charge is 0.416 e. The molecular formula is C32H28F6N2O8. The van der Waals surface area contributed by atoms with Crippen LogP contribution in [0, 0.1) is 23.7 Å². The minimum atomic E-state index is -5.12. The molecule has 2 aromatic carbocycles. The van der Waals surface area contributed by atoms with E-state index in [1.807, 2.05) is 0 Å². The Labute approximate surface area is 267 Å². The Hall–Kier alpha value is -4.41. The molecule has 2 aromatic rings. The van der Waals surface area contributed by atoms with Crippen molar-refractivity contribution in [2.75, 3.05) is 14.1 Å². The molecule has 0 radical (unpaired) electrons. The highest BCUT2D eigenvalue weighted by Crippen LogP contribution is 2.54. The van der Waals surface area contributed by atoms with Gasteiger partial charge in [0.1, 0.15) is 5.75 Å². The Morgan fingerprint density at radius 2 is 1.50 bits per heavy atom. The predicted molar refractivity (Wildman–Crippen MR) is 153 cm³/mol. The molecule has 16 heteroatoms. The number of primary amides is 1. The minimum Gasteiger partial charge on any atom is -0.507 e. The van der Waals surface area contributed by atoms with Crippen LogP contribution in [0.25, 0.3) is 12.2 Å². The molecule has 256 valence electrons. The summed E-state index contributed by atoms with van der Waals surface area (Å²) < 4.78 is 80.0. The monoisotopic (exact) mass is 682 g/mol. The number of alkyl halides is 6. The number of ketones is 4. The van der Waals surface area contributed by atoms with Crippen molar-refractivity contribution in [2.45, 2.75) is 42.9 Å². The predicted octanol–water partition coefficient (Wildman–Crippen LogP) is 2.61. The molecule has 10 nitrogen and oxygen atoms in total. The lowest BCUT2D eigenvalue weighted by molar-refractivity contribution is -0.196. The third kappa shape index (κ3) is 5.13. The minimum absolute atomic E-state index is 0.0579. The van der Waals surface area contributed by atoms with Crippen LogP contribution in [0.5, 0.6) is 5.75 Å². The van der Waals surface area contributed by atoms with Crippen molar-refractivity contribution < 1.29 is 65.6 Å². The Balaban J connectivity index is 1.61. The summed E-state index contributed by atoms with van der Waals surface area (Å²) in [5.41, 5.74) is -2.30. The average Bonchev–Trinajstić information content (AvgIpc) is 2.97. The summed E-state index contributed by atoms with van der Waals surface area (Å²) in [6.07, 6.45) is -10.3. The maximum atomic E-state index is 14.0. The fourth-order valence-electron chi connectivity index (χ4n) is 7.40. The number of phenols is 1. The van der Waals surface area contributed by atoms with Crippen LogP contribution in [0.3, 0.4) is 0 Å². The number of fused-ring (bicyclic) bond motifs is 3. The number of aliphatic hydroxyl groups excluding tert-OH is 1. The highest BCUT2D eigenvalue weighted by atomic mass is 19.4. The molecule has 5 rings (SSSR count). The summed E-state index contributed by atoms with van der Waals surface area (Å²) in [7, 11) is 2.70. The lowest BCUT2D eigenvalue weighted by atomic mass is 9.49. The maximum absolute atomic E-state index is 14.0. The number of carbonyl (C=O) groups is 5. The van der Waals surface area contributed by atoms with Gasteiger partial charge in [-0.25, -0.2) is 0 Å². The number of carbonyl (C=O) groups excluding carboxylic acids is 5. The number of rotatable bonds is 4. The zero-order valence-electron chi connectivity index (χ0n) is 25.3. The molecule has 8 atom stereocenters. The van der Waals surface area contributed by atoms with Crippen LogP contribution in [0.4, 0.5) is 26.3 Å². The quantitative estimate of drug-likeness (QED) is 0.215. The lowest BCUT2D eigenvalue weighted by Gasteiger charge is -2.56. The third-order valence-corrected chi connectivity index (χ3v) is 9.59. The Morgan fingerprint density at radius 1 is 0.938 bits per heavy atom. The number of Topliss-reactive ketones (excluding diaryl/α,β-unsaturated/α-hetero) is 4. The lowest BCUT2D eigenvalue weighted by Crippen LogP contribution is -2.77. The number of amides is 1. The van der Waals surface area contributed by atoms with Gasteiger partial charge in [-0.1, -0.05) is 31.2 Å². The van der Waals surface area contributed by atoms with E-state index in [0.717, 1.165) is 12.2 Å². The van der Waals surface area contributed by atoms with E-state index in [2.05, 4.69) is 0 Å². The molecular weight excluding hydrogens is 654 g/mol. The van der Waals surface area contributed by atoms with Gasteiger partial charge in [0.15, 0.2) is 34.7 Å². The molecule has 0 spiro atoms. The first kappa shape index (κ1) is 34.9. The van der Waals surface area contributed by atoms with E-state index in [1.54, 1.807) is 0 Å². The normalized spacial score (nSPS) is 30.8. The van der Waals surface area contributed by atoms with Gasteiger partial charge < -0.3 is 21.1 Å². The Morgan fingerprint density at radius 3 is 2.00 bits per heavy atom. The fourth-order valence-corrected chi connectivity index (χ4v) is 7.40. The van der Waals surface area contributed by atoms with Crippen molar-refractivity contribution in [2.24, 2.45) is 29.4 Å². The molecule has 2 fully saturated rings. The van der Waals surface area contributed by atoms with Gasteiger partial charge in [0.2, 0.25) is 5.91 Å². The van der Waals surface area contributed by atoms with Crippen LogP contribution >= 0.6 is 0 Å². The zero-order chi connectivity index (χ0) is 36.0. The van der Waals surface area contributed by atoms with Crippen LogP contribution in [0.15, 0.2) is 30.3 Å². The van der Waals surface area contributed by atoms with Crippen LogP contribution < -0.4 is 5.73 Å². The van der Waals surface area contributed by atoms with Crippen molar-refractivity contribution >= 4 is 41.2 Å². The number of aliphatic hydroxyl groups is 2. The second-order valence-electron chi connectivity index (χ2n) is 12.5. The number of phenolic OH excluding ortho intramolecular Hbond substituents is 1. The topological polar surface area (TPSA) is 175 Å². The highest BCUT2D eigenvalue weighted by Gasteiger charge is 2.72. The molecule has 48 heavy (non-hydrogen) atoms. The summed E-state index contributed by atoms with van der Waals surface area (Å²) >= 11 is 0. The molecule has 0 bridgehead atoms. The van der Waals surface area contributed by atoms with Crippen molar-refractivity contribution in [3.05, 3.63) is 63.7 Å². The highest BCUT2D eigenvalue weighted by molar-refractivity contribution is 6.32. The Bertz CT molecular complexity index is 1770. The van der Waals surface area contributed by atoms with E-state index in [-0.39, 0.29) is 17.2 Å². The van der Waals surface area contributed by atoms with Crippen molar-refractivity contribution in [1.29, 1.82) is 0 Å². The largest absolute Gasteiger partial charge is 0.507 e. The summed E-state index contributed by atoms with van der Waals surface area (Å²) in [5, 5.41) is 34.5. The second-order valence-corrected chi connectivity index (χ2v) is 12.5. The first-order valence-corrected chi connectivity index (χ1v) is 14.4. The van der Waals surface area contributed by atoms with Crippen molar-refractivity contribution in [3.63, 3.8) is 0 Å². The van der Waals surface area contributed by atoms with E-state index < -0.39 is 117 Å². The third-order valence-electron chi connectivity index (χ3n) is 9.59. The van der Waals surface area contributed by atoms with Gasteiger partial charge in [0.05, 0.1) is 40.7 Å². The van der Waals surface area contributed by atoms with E-state index in [9.17, 15) is 65.6 Å². The van der Waals surface area contributed by atoms with Gasteiger partial charge in [0.25, 0.3) is 0 Å². The molecule has 1 amide bonds. The molecule has 0 aromatic heterocycles. The molecule has 5 N–H and O–H groups in total. The standard InChI is InChI=1S/C32H28F6N2O8/c1-11-16-7-6-13(5-4-12-8-14(31(33,34)35)10-15(9-12)32(36,37)38)23(41)18(16)24(42)19-17(11)25(43)21-22(40(2)3)26(44)20(29(39)47)28(46)30(21,48)27(19)45/h4-11,17,19-22,25,41,43,48H,1-3H3,(H2,39,47)/b5-4+. The van der Waals surface area contributed by atoms with Gasteiger partial charge in [0, 0.05) is 11.5 Å². The summed E-state index contributed by atoms with van der Waals surface area (Å²) in [6.45, 7) is 1.48. The van der Waals surface area contributed by atoms with E-state index in [4.69, 9.17) is 5.73 Å². The van der Waals surface area contributed by atoms with Gasteiger partial charge in [-0.2, -0.15) is 26.3 Å². The molecule has 3 aliphatic rings. The summed E-state index contributed by atoms with van der Waals surface area (Å²) in [5.74, 6) is -15.8. The summed E-state index contributed by atoms with van der Waals surface area (Å²) in [6, 6.07) is 1.81. The molecule has 0 saturated heterocycles. The van der Waals surface area contributed by atoms with Crippen molar-refractivity contribution in [3.8, 4) is 5.75 Å². The maximum Gasteiger partial charge on any atom is 0.416 e. The van der Waals surface area contributed by atoms with E-state index in [0.29, 0.717) is 12.1 Å². The molecule has 0 aliphatic heterocycles. The van der Waals surface area contributed by atoms with Crippen LogP contribution in [0.2, 0.25) is 0 Å². The van der Waals surface area contributed by atoms with E-state index in [1.165, 1.54) is 38.1 Å². The molecule has 0 heterocycles. The number of nitrogens with zero attached hydrogens (tertiary/aromatic N) is 1. The number of nitrogens with two attached hydrogens (primary N) is 1. The van der Waals surface area contributed by atoms with Gasteiger partial charge in [-0.15, -0.1) is 0 Å². The Kier molecular flexibility index (Phi) is 8.25. The number of benzene rings is 2. The van der Waals surface area contributed by atoms with E-state index >= 15 is 0 Å². The first-order chi connectivity index (χ1) is 22.0.